The Hall–Kier alpha value is -0.880. The lowest BCUT2D eigenvalue weighted by atomic mass is 9.74. The van der Waals surface area contributed by atoms with Crippen LogP contribution in [0.25, 0.3) is 0 Å². The minimum Gasteiger partial charge on any atom is -0.463 e. The van der Waals surface area contributed by atoms with Gasteiger partial charge in [-0.1, -0.05) is 41.2 Å². The smallest absolute Gasteiger partial charge is 0.330 e. The van der Waals surface area contributed by atoms with Crippen LogP contribution in [0.3, 0.4) is 0 Å². The van der Waals surface area contributed by atoms with Crippen LogP contribution in [-0.4, -0.2) is 30.3 Å². The molecule has 6 heteroatoms. The lowest BCUT2D eigenvalue weighted by Gasteiger charge is -2.43. The van der Waals surface area contributed by atoms with Crippen molar-refractivity contribution in [1.29, 1.82) is 0 Å². The fourth-order valence-corrected chi connectivity index (χ4v) is 5.09. The van der Waals surface area contributed by atoms with Crippen molar-refractivity contribution in [3.8, 4) is 0 Å². The molecule has 0 aromatic carbocycles. The molecule has 0 spiro atoms. The van der Waals surface area contributed by atoms with E-state index in [2.05, 4.69) is 6.58 Å². The first-order chi connectivity index (χ1) is 9.01. The van der Waals surface area contributed by atoms with Crippen LogP contribution in [0.5, 0.6) is 0 Å². The molecule has 0 saturated carbocycles. The molecule has 5 nitrogen and oxygen atoms in total. The van der Waals surface area contributed by atoms with Crippen molar-refractivity contribution in [2.24, 2.45) is 17.8 Å². The SMILES string of the molecule is C=CC(=O)OCCC(C)C(C(C)C)(C(C)C)S(=O)(=O)O. The Morgan fingerprint density at radius 2 is 1.70 bits per heavy atom. The van der Waals surface area contributed by atoms with E-state index in [-0.39, 0.29) is 24.4 Å². The number of hydrogen-bond acceptors (Lipinski definition) is 4. The fraction of sp³-hybridized carbons (Fsp3) is 0.786. The Bertz CT molecular complexity index is 428. The average molecular weight is 306 g/mol. The van der Waals surface area contributed by atoms with Crippen molar-refractivity contribution in [2.45, 2.75) is 45.8 Å². The molecule has 0 aliphatic rings. The Morgan fingerprint density at radius 3 is 2.00 bits per heavy atom. The summed E-state index contributed by atoms with van der Waals surface area (Å²) in [7, 11) is -4.24. The quantitative estimate of drug-likeness (QED) is 0.423. The van der Waals surface area contributed by atoms with E-state index < -0.39 is 20.8 Å². The van der Waals surface area contributed by atoms with Crippen LogP contribution >= 0.6 is 0 Å². The monoisotopic (exact) mass is 306 g/mol. The van der Waals surface area contributed by atoms with Gasteiger partial charge in [-0.25, -0.2) is 4.79 Å². The van der Waals surface area contributed by atoms with E-state index in [0.717, 1.165) is 6.08 Å². The van der Waals surface area contributed by atoms with E-state index in [9.17, 15) is 17.8 Å². The second-order valence-electron chi connectivity index (χ2n) is 5.70. The minimum atomic E-state index is -4.24. The van der Waals surface area contributed by atoms with E-state index in [1.54, 1.807) is 34.6 Å². The van der Waals surface area contributed by atoms with Gasteiger partial charge in [0.05, 0.1) is 6.61 Å². The summed E-state index contributed by atoms with van der Waals surface area (Å²) in [5, 5.41) is 0. The van der Waals surface area contributed by atoms with Crippen LogP contribution in [-0.2, 0) is 19.6 Å². The molecular formula is C14H26O5S. The summed E-state index contributed by atoms with van der Waals surface area (Å²) < 4.78 is 37.3. The van der Waals surface area contributed by atoms with Gasteiger partial charge in [-0.15, -0.1) is 0 Å². The number of rotatable bonds is 8. The fourth-order valence-electron chi connectivity index (χ4n) is 3.28. The summed E-state index contributed by atoms with van der Waals surface area (Å²) in [6.07, 6.45) is 1.42. The molecule has 1 atom stereocenters. The Balaban J connectivity index is 5.24. The van der Waals surface area contributed by atoms with Gasteiger partial charge in [-0.3, -0.25) is 4.55 Å². The van der Waals surface area contributed by atoms with Crippen LogP contribution in [0.4, 0.5) is 0 Å². The molecule has 0 aromatic heterocycles. The Morgan fingerprint density at radius 1 is 1.25 bits per heavy atom. The van der Waals surface area contributed by atoms with Crippen molar-refractivity contribution in [3.63, 3.8) is 0 Å². The zero-order valence-corrected chi connectivity index (χ0v) is 13.7. The molecule has 0 heterocycles. The first kappa shape index (κ1) is 19.1. The average Bonchev–Trinajstić information content (AvgIpc) is 2.26. The normalized spacial score (nSPS) is 14.4. The van der Waals surface area contributed by atoms with Gasteiger partial charge >= 0.3 is 5.97 Å². The maximum atomic E-state index is 12.0. The van der Waals surface area contributed by atoms with Crippen LogP contribution in [0.15, 0.2) is 12.7 Å². The van der Waals surface area contributed by atoms with Crippen LogP contribution in [0.2, 0.25) is 0 Å². The second kappa shape index (κ2) is 7.22. The first-order valence-electron chi connectivity index (χ1n) is 6.77. The van der Waals surface area contributed by atoms with Crippen LogP contribution in [0, 0.1) is 17.8 Å². The van der Waals surface area contributed by atoms with Crippen molar-refractivity contribution in [3.05, 3.63) is 12.7 Å². The molecule has 20 heavy (non-hydrogen) atoms. The predicted molar refractivity (Wildman–Crippen MR) is 78.9 cm³/mol. The molecule has 1 N–H and O–H groups in total. The minimum absolute atomic E-state index is 0.0999. The highest BCUT2D eigenvalue weighted by molar-refractivity contribution is 7.87. The third-order valence-corrected chi connectivity index (χ3v) is 6.22. The molecular weight excluding hydrogens is 280 g/mol. The standard InChI is InChI=1S/C14H26O5S/c1-7-13(15)19-9-8-12(6)14(10(2)3,11(4)5)20(16,17)18/h7,10-12H,1,8-9H2,2-6H3,(H,16,17,18). The maximum Gasteiger partial charge on any atom is 0.330 e. The lowest BCUT2D eigenvalue weighted by Crippen LogP contribution is -2.53. The Kier molecular flexibility index (Phi) is 6.90. The van der Waals surface area contributed by atoms with Crippen molar-refractivity contribution < 1.29 is 22.5 Å². The molecule has 0 radical (unpaired) electrons. The molecule has 0 aliphatic carbocycles. The number of carbonyl (C=O) groups excluding carboxylic acids is 1. The first-order valence-corrected chi connectivity index (χ1v) is 8.21. The van der Waals surface area contributed by atoms with Crippen molar-refractivity contribution >= 4 is 16.1 Å². The van der Waals surface area contributed by atoms with Gasteiger partial charge in [-0.05, 0) is 24.2 Å². The van der Waals surface area contributed by atoms with E-state index in [1.807, 2.05) is 0 Å². The van der Waals surface area contributed by atoms with Gasteiger partial charge in [0.25, 0.3) is 10.1 Å². The molecule has 0 fully saturated rings. The van der Waals surface area contributed by atoms with E-state index in [4.69, 9.17) is 4.74 Å². The molecule has 118 valence electrons. The summed E-state index contributed by atoms with van der Waals surface area (Å²) in [6.45, 7) is 12.3. The van der Waals surface area contributed by atoms with E-state index >= 15 is 0 Å². The zero-order chi connectivity index (χ0) is 16.1. The molecule has 0 rings (SSSR count). The third-order valence-electron chi connectivity index (χ3n) is 3.98. The number of carbonyl (C=O) groups is 1. The Labute approximate surface area is 122 Å². The van der Waals surface area contributed by atoms with E-state index in [0.29, 0.717) is 6.42 Å². The number of hydrogen-bond donors (Lipinski definition) is 1. The molecule has 1 unspecified atom stereocenters. The third kappa shape index (κ3) is 3.82. The molecule has 0 bridgehead atoms. The summed E-state index contributed by atoms with van der Waals surface area (Å²) in [4.78, 5) is 11.0. The number of esters is 1. The highest BCUT2D eigenvalue weighted by atomic mass is 32.2. The summed E-state index contributed by atoms with van der Waals surface area (Å²) in [5.74, 6) is -1.41. The highest BCUT2D eigenvalue weighted by Gasteiger charge is 2.52. The van der Waals surface area contributed by atoms with Gasteiger partial charge < -0.3 is 4.74 Å². The maximum absolute atomic E-state index is 12.0. The summed E-state index contributed by atoms with van der Waals surface area (Å²) in [6, 6.07) is 0. The predicted octanol–water partition coefficient (Wildman–Crippen LogP) is 2.68. The van der Waals surface area contributed by atoms with E-state index in [1.165, 1.54) is 0 Å². The summed E-state index contributed by atoms with van der Waals surface area (Å²) in [5.41, 5.74) is 0. The van der Waals surface area contributed by atoms with Crippen LogP contribution in [0.1, 0.15) is 41.0 Å². The lowest BCUT2D eigenvalue weighted by molar-refractivity contribution is -0.138. The highest BCUT2D eigenvalue weighted by Crippen LogP contribution is 2.42. The number of ether oxygens (including phenoxy) is 1. The molecule has 0 saturated heterocycles. The zero-order valence-electron chi connectivity index (χ0n) is 12.9. The topological polar surface area (TPSA) is 80.7 Å². The van der Waals surface area contributed by atoms with Crippen LogP contribution < -0.4 is 0 Å². The largest absolute Gasteiger partial charge is 0.463 e. The molecule has 0 aliphatic heterocycles. The van der Waals surface area contributed by atoms with Gasteiger partial charge in [0.1, 0.15) is 4.75 Å². The molecule has 0 amide bonds. The molecule has 0 aromatic rings. The van der Waals surface area contributed by atoms with Crippen molar-refractivity contribution in [1.82, 2.24) is 0 Å². The van der Waals surface area contributed by atoms with Gasteiger partial charge in [0.15, 0.2) is 0 Å². The van der Waals surface area contributed by atoms with Crippen molar-refractivity contribution in [2.75, 3.05) is 6.61 Å². The summed E-state index contributed by atoms with van der Waals surface area (Å²) >= 11 is 0. The van der Waals surface area contributed by atoms with Gasteiger partial charge in [0.2, 0.25) is 0 Å². The van der Waals surface area contributed by atoms with Gasteiger partial charge in [-0.2, -0.15) is 8.42 Å². The second-order valence-corrected chi connectivity index (χ2v) is 7.36. The van der Waals surface area contributed by atoms with Gasteiger partial charge in [0, 0.05) is 6.08 Å².